The van der Waals surface area contributed by atoms with E-state index in [0.29, 0.717) is 42.9 Å². The van der Waals surface area contributed by atoms with Gasteiger partial charge >= 0.3 is 0 Å². The normalized spacial score (nSPS) is 9.92. The zero-order valence-corrected chi connectivity index (χ0v) is 46.6. The Kier molecular flexibility index (Phi) is 68.8. The highest BCUT2D eigenvalue weighted by molar-refractivity contribution is 7.85. The maximum absolute atomic E-state index is 10.6. The van der Waals surface area contributed by atoms with Crippen LogP contribution in [0.25, 0.3) is 0 Å². The third-order valence-electron chi connectivity index (χ3n) is 12.3. The molecular formula is C70H140N4O8S. The van der Waals surface area contributed by atoms with Gasteiger partial charge in [-0.3, -0.25) is 4.18 Å². The van der Waals surface area contributed by atoms with Crippen LogP contribution < -0.4 is 30.8 Å². The van der Waals surface area contributed by atoms with E-state index in [1.807, 2.05) is 77.8 Å². The van der Waals surface area contributed by atoms with E-state index in [4.69, 9.17) is 29.8 Å². The molecule has 1 aromatic heterocycles. The van der Waals surface area contributed by atoms with Gasteiger partial charge in [-0.15, -0.1) is 0 Å². The van der Waals surface area contributed by atoms with Crippen LogP contribution in [0.3, 0.4) is 0 Å². The van der Waals surface area contributed by atoms with E-state index in [2.05, 4.69) is 129 Å². The number of aryl methyl sites for hydroxylation is 2. The first-order chi connectivity index (χ1) is 33.0. The molecule has 83 heavy (non-hydrogen) atoms. The van der Waals surface area contributed by atoms with Gasteiger partial charge in [0, 0.05) is 18.9 Å². The quantitative estimate of drug-likeness (QED) is 0.0374. The van der Waals surface area contributed by atoms with Crippen LogP contribution >= 0.6 is 0 Å². The van der Waals surface area contributed by atoms with Crippen molar-refractivity contribution in [2.24, 2.45) is 16.6 Å². The van der Waals surface area contributed by atoms with Crippen LogP contribution in [0.4, 0.5) is 0 Å². The van der Waals surface area contributed by atoms with Crippen LogP contribution in [-0.2, 0) is 44.5 Å². The number of aromatic nitrogens is 2. The van der Waals surface area contributed by atoms with Crippen molar-refractivity contribution >= 4 is 10.1 Å². The van der Waals surface area contributed by atoms with Crippen molar-refractivity contribution in [3.63, 3.8) is 0 Å². The number of hydrogen-bond acceptors (Lipinski definition) is 11. The molecule has 0 atom stereocenters. The van der Waals surface area contributed by atoms with Gasteiger partial charge in [0.1, 0.15) is 56.0 Å². The largest absolute Gasteiger partial charge is 0.492 e. The lowest BCUT2D eigenvalue weighted by molar-refractivity contribution is 0.201. The van der Waals surface area contributed by atoms with E-state index >= 15 is 0 Å². The van der Waals surface area contributed by atoms with Gasteiger partial charge in [0.15, 0.2) is 0 Å². The molecule has 0 saturated carbocycles. The first kappa shape index (κ1) is 106. The minimum Gasteiger partial charge on any atom is -0.492 e. The molecule has 5 rings (SSSR count). The molecule has 0 spiro atoms. The first-order valence-electron chi connectivity index (χ1n) is 25.0. The summed E-state index contributed by atoms with van der Waals surface area (Å²) in [4.78, 5) is 4.03. The highest BCUT2D eigenvalue weighted by Gasteiger charge is 2.30. The van der Waals surface area contributed by atoms with Gasteiger partial charge in [0.05, 0.1) is 25.7 Å². The number of imidazole rings is 1. The first-order valence-corrected chi connectivity index (χ1v) is 26.8. The monoisotopic (exact) mass is 1200 g/mol. The molecule has 6 N–H and O–H groups in total. The van der Waals surface area contributed by atoms with Crippen molar-refractivity contribution in [2.45, 2.75) is 228 Å². The Morgan fingerprint density at radius 2 is 0.819 bits per heavy atom. The highest BCUT2D eigenvalue weighted by Crippen LogP contribution is 2.40. The van der Waals surface area contributed by atoms with E-state index in [0.717, 1.165) is 42.9 Å². The fraction of sp³-hybridized carbons (Fsp3) is 0.614. The zero-order valence-electron chi connectivity index (χ0n) is 45.8. The number of nitrogens with two attached hydrogens (primary N) is 1. The number of aliphatic hydroxyl groups is 1. The van der Waals surface area contributed by atoms with Crippen molar-refractivity contribution < 1.29 is 36.7 Å². The van der Waals surface area contributed by atoms with Crippen LogP contribution in [0, 0.1) is 10.8 Å². The summed E-state index contributed by atoms with van der Waals surface area (Å²) in [6.07, 6.45) is 13.3. The Morgan fingerprint density at radius 3 is 1.11 bits per heavy atom. The summed E-state index contributed by atoms with van der Waals surface area (Å²) in [6.45, 7) is 30.7. The van der Waals surface area contributed by atoms with Gasteiger partial charge in [0.2, 0.25) is 0 Å². The summed E-state index contributed by atoms with van der Waals surface area (Å²) in [5.41, 5.74) is 11.8. The van der Waals surface area contributed by atoms with Crippen molar-refractivity contribution in [3.05, 3.63) is 138 Å². The standard InChI is InChI=1S/C20H30N2O.C17H29NO.C11H16O4S.C10H14O2.12CH4.H3N/c1-6-19(2,3)15-20(4,5)17-7-9-18(10-8-17)23-14-13-22-12-11-21-16-22;1-6-16(2,3)13-17(4,5)14-7-9-15(10-8-14)19-12-11-18;1-3-10-4-6-11(7-5-10)14-8-9-15-16(2,12)13;1-2-9-3-5-10(6-4-9)12-8-7-11;;;;;;;;;;;;;/h7-12,16H,6,13-15H2,1-5H3;7-10H,6,11-13,18H2,1-5H3;4-7H,3,8-9H2,1-2H3;3-6,11H,2,7-8H2,1H3;12*1H4;1H3. The third-order valence-corrected chi connectivity index (χ3v) is 12.9. The Labute approximate surface area is 518 Å². The summed E-state index contributed by atoms with van der Waals surface area (Å²) in [5.74, 6) is 3.37. The van der Waals surface area contributed by atoms with Crippen molar-refractivity contribution in [1.82, 2.24) is 15.7 Å². The van der Waals surface area contributed by atoms with Gasteiger partial charge in [-0.05, 0) is 118 Å². The van der Waals surface area contributed by atoms with Crippen LogP contribution in [0.15, 0.2) is 116 Å². The lowest BCUT2D eigenvalue weighted by Crippen LogP contribution is -2.26. The number of rotatable bonds is 25. The van der Waals surface area contributed by atoms with Crippen LogP contribution in [0.2, 0.25) is 0 Å². The van der Waals surface area contributed by atoms with Gasteiger partial charge < -0.3 is 40.5 Å². The van der Waals surface area contributed by atoms with Gasteiger partial charge in [-0.2, -0.15) is 8.42 Å². The topological polar surface area (TPSA) is 179 Å². The van der Waals surface area contributed by atoms with Crippen LogP contribution in [-0.4, -0.2) is 75.5 Å². The predicted molar refractivity (Wildman–Crippen MR) is 375 cm³/mol. The molecule has 1 heterocycles. The van der Waals surface area contributed by atoms with E-state index in [1.54, 1.807) is 6.20 Å². The van der Waals surface area contributed by atoms with E-state index < -0.39 is 10.1 Å². The number of hydrogen-bond donors (Lipinski definition) is 3. The number of aliphatic hydroxyl groups excluding tert-OH is 1. The predicted octanol–water partition coefficient (Wildman–Crippen LogP) is 20.2. The molecule has 4 aromatic carbocycles. The molecule has 0 aliphatic heterocycles. The highest BCUT2D eigenvalue weighted by atomic mass is 32.2. The van der Waals surface area contributed by atoms with E-state index in [1.165, 1.54) is 47.9 Å². The molecule has 0 amide bonds. The van der Waals surface area contributed by atoms with E-state index in [9.17, 15) is 8.42 Å². The Hall–Kier alpha value is -4.92. The lowest BCUT2D eigenvalue weighted by atomic mass is 9.70. The second-order valence-corrected chi connectivity index (χ2v) is 22.1. The molecule has 0 fully saturated rings. The fourth-order valence-corrected chi connectivity index (χ4v) is 8.24. The maximum Gasteiger partial charge on any atom is 0.264 e. The number of ether oxygens (including phenoxy) is 4. The van der Waals surface area contributed by atoms with Crippen LogP contribution in [0.1, 0.15) is 220 Å². The summed E-state index contributed by atoms with van der Waals surface area (Å²) in [5, 5.41) is 8.50. The third kappa shape index (κ3) is 45.2. The zero-order chi connectivity index (χ0) is 52.3. The van der Waals surface area contributed by atoms with Crippen molar-refractivity contribution in [1.29, 1.82) is 0 Å². The lowest BCUT2D eigenvalue weighted by Gasteiger charge is -2.35. The van der Waals surface area contributed by atoms with Gasteiger partial charge in [0.25, 0.3) is 10.1 Å². The number of benzene rings is 4. The molecule has 0 unspecified atom stereocenters. The number of nitrogens with zero attached hydrogens (tertiary/aromatic N) is 2. The van der Waals surface area contributed by atoms with Gasteiger partial charge in [-0.1, -0.05) is 234 Å². The molecule has 0 radical (unpaired) electrons. The van der Waals surface area contributed by atoms with Crippen LogP contribution in [0.5, 0.6) is 23.0 Å². The summed E-state index contributed by atoms with van der Waals surface area (Å²) < 4.78 is 49.7. The van der Waals surface area contributed by atoms with Gasteiger partial charge in [-0.25, -0.2) is 4.98 Å². The Morgan fingerprint density at radius 1 is 0.494 bits per heavy atom. The SMILES string of the molecule is C.C.C.C.C.C.C.C.C.C.C.C.CCC(C)(C)CC(C)(C)c1ccc(OCCN)cc1.CCC(C)(C)CC(C)(C)c1ccc(OCCn2ccnc2)cc1.CCc1ccc(OCCO)cc1.CCc1ccc(OCCOS(C)(=O)=O)cc1.N. The second-order valence-electron chi connectivity index (χ2n) is 20.4. The summed E-state index contributed by atoms with van der Waals surface area (Å²) in [6, 6.07) is 32.6. The molecular weight excluding hydrogens is 1060 g/mol. The van der Waals surface area contributed by atoms with E-state index in [-0.39, 0.29) is 126 Å². The van der Waals surface area contributed by atoms with Crippen molar-refractivity contribution in [3.8, 4) is 23.0 Å². The Bertz CT molecular complexity index is 2230. The van der Waals surface area contributed by atoms with Crippen molar-refractivity contribution in [2.75, 3.05) is 52.4 Å². The average molecular weight is 1200 g/mol. The molecule has 12 nitrogen and oxygen atoms in total. The molecule has 494 valence electrons. The molecule has 0 aliphatic carbocycles. The molecule has 0 saturated heterocycles. The molecule has 0 bridgehead atoms. The smallest absolute Gasteiger partial charge is 0.264 e. The Balaban J connectivity index is -0.0000000784. The maximum atomic E-state index is 10.6. The minimum atomic E-state index is -3.37. The molecule has 13 heteroatoms. The summed E-state index contributed by atoms with van der Waals surface area (Å²) in [7, 11) is -3.37. The fourth-order valence-electron chi connectivity index (χ4n) is 7.87. The average Bonchev–Trinajstić information content (AvgIpc) is 3.86. The molecule has 0 aliphatic rings. The molecule has 5 aromatic rings. The second kappa shape index (κ2) is 53.8. The summed E-state index contributed by atoms with van der Waals surface area (Å²) >= 11 is 0. The minimum absolute atomic E-state index is 0.